The van der Waals surface area contributed by atoms with Gasteiger partial charge in [-0.15, -0.1) is 11.3 Å². The molecule has 2 aromatic heterocycles. The van der Waals surface area contributed by atoms with E-state index in [-0.39, 0.29) is 60.1 Å². The lowest BCUT2D eigenvalue weighted by atomic mass is 9.96. The number of aromatic nitrogens is 3. The van der Waals surface area contributed by atoms with Crippen molar-refractivity contribution in [2.45, 2.75) is 63.7 Å². The number of carbonyl (C=O) groups is 2. The number of thioether (sulfide) groups is 1. The second-order valence-electron chi connectivity index (χ2n) is 10.0. The van der Waals surface area contributed by atoms with Crippen molar-refractivity contribution in [2.24, 2.45) is 0 Å². The number of anilines is 1. The Labute approximate surface area is 247 Å². The summed E-state index contributed by atoms with van der Waals surface area (Å²) in [6.45, 7) is 0.946. The molecule has 228 valence electrons. The van der Waals surface area contributed by atoms with E-state index in [1.165, 1.54) is 16.4 Å². The van der Waals surface area contributed by atoms with Crippen LogP contribution in [0.3, 0.4) is 0 Å². The molecule has 0 spiro atoms. The zero-order chi connectivity index (χ0) is 30.5. The van der Waals surface area contributed by atoms with E-state index >= 15 is 0 Å². The maximum absolute atomic E-state index is 13.2. The summed E-state index contributed by atoms with van der Waals surface area (Å²) in [7, 11) is 0. The number of nitrogens with zero attached hydrogens (tertiary/aromatic N) is 3. The number of thiazole rings is 1. The van der Waals surface area contributed by atoms with Crippen molar-refractivity contribution in [3.8, 4) is 5.75 Å². The van der Waals surface area contributed by atoms with Crippen LogP contribution in [0.15, 0.2) is 29.6 Å². The van der Waals surface area contributed by atoms with Crippen molar-refractivity contribution < 1.29 is 36.3 Å². The van der Waals surface area contributed by atoms with Crippen molar-refractivity contribution in [3.63, 3.8) is 0 Å². The molecule has 42 heavy (non-hydrogen) atoms. The molecule has 0 fully saturated rings. The van der Waals surface area contributed by atoms with Crippen LogP contribution in [-0.2, 0) is 30.4 Å². The number of halogens is 5. The Kier molecular flexibility index (Phi) is 10.1. The average molecular weight is 632 g/mol. The Balaban J connectivity index is 1.47. The van der Waals surface area contributed by atoms with E-state index in [9.17, 15) is 31.5 Å². The first-order valence-electron chi connectivity index (χ1n) is 13.1. The molecule has 3 aromatic rings. The molecule has 15 heteroatoms. The van der Waals surface area contributed by atoms with Gasteiger partial charge in [0.1, 0.15) is 16.3 Å². The molecule has 1 aromatic carbocycles. The quantitative estimate of drug-likeness (QED) is 0.183. The highest BCUT2D eigenvalue weighted by Gasteiger charge is 2.35. The molecule has 0 aliphatic carbocycles. The number of alkyl halides is 5. The first kappa shape index (κ1) is 31.7. The summed E-state index contributed by atoms with van der Waals surface area (Å²) in [6, 6.07) is 6.96. The van der Waals surface area contributed by atoms with Gasteiger partial charge in [0.2, 0.25) is 11.8 Å². The molecule has 1 aliphatic rings. The summed E-state index contributed by atoms with van der Waals surface area (Å²) in [5, 5.41) is 11.1. The topological polar surface area (TPSA) is 98.1 Å². The summed E-state index contributed by atoms with van der Waals surface area (Å²) in [4.78, 5) is 29.1. The number of fused-ring (bicyclic) bond motifs is 1. The zero-order valence-electron chi connectivity index (χ0n) is 22.9. The molecule has 0 bridgehead atoms. The second-order valence-corrected chi connectivity index (χ2v) is 11.8. The molecule has 3 heterocycles. The van der Waals surface area contributed by atoms with Crippen LogP contribution in [-0.4, -0.2) is 57.2 Å². The molecule has 1 aliphatic heterocycles. The van der Waals surface area contributed by atoms with Gasteiger partial charge in [-0.1, -0.05) is 12.1 Å². The molecule has 8 nitrogen and oxygen atoms in total. The van der Waals surface area contributed by atoms with Gasteiger partial charge in [0.25, 0.3) is 5.91 Å². The minimum absolute atomic E-state index is 0.0540. The van der Waals surface area contributed by atoms with Crippen LogP contribution >= 0.6 is 23.1 Å². The van der Waals surface area contributed by atoms with Crippen molar-refractivity contribution in [1.82, 2.24) is 20.1 Å². The number of ether oxygens (including phenoxy) is 1. The van der Waals surface area contributed by atoms with Crippen molar-refractivity contribution in [2.75, 3.05) is 23.9 Å². The van der Waals surface area contributed by atoms with E-state index < -0.39 is 23.7 Å². The molecule has 4 rings (SSSR count). The first-order chi connectivity index (χ1) is 19.8. The molecule has 0 saturated carbocycles. The summed E-state index contributed by atoms with van der Waals surface area (Å²) < 4.78 is 72.4. The first-order valence-corrected chi connectivity index (χ1v) is 15.4. The molecular weight excluding hydrogens is 601 g/mol. The van der Waals surface area contributed by atoms with Crippen LogP contribution in [0.2, 0.25) is 0 Å². The fourth-order valence-electron chi connectivity index (χ4n) is 4.52. The van der Waals surface area contributed by atoms with Crippen LogP contribution < -0.4 is 15.4 Å². The number of aryl methyl sites for hydroxylation is 1. The highest BCUT2D eigenvalue weighted by Crippen LogP contribution is 2.32. The number of rotatable bonds is 13. The van der Waals surface area contributed by atoms with Crippen molar-refractivity contribution in [3.05, 3.63) is 57.2 Å². The van der Waals surface area contributed by atoms with Gasteiger partial charge in [-0.2, -0.15) is 30.0 Å². The number of carbonyl (C=O) groups excluding carboxylic acids is 2. The predicted molar refractivity (Wildman–Crippen MR) is 151 cm³/mol. The summed E-state index contributed by atoms with van der Waals surface area (Å²) in [5.74, 6) is -2.78. The van der Waals surface area contributed by atoms with E-state index in [0.29, 0.717) is 30.7 Å². The Morgan fingerprint density at radius 1 is 1.29 bits per heavy atom. The van der Waals surface area contributed by atoms with Gasteiger partial charge in [0.05, 0.1) is 24.6 Å². The Morgan fingerprint density at radius 2 is 2.07 bits per heavy atom. The lowest BCUT2D eigenvalue weighted by Gasteiger charge is -2.25. The highest BCUT2D eigenvalue weighted by atomic mass is 32.2. The lowest BCUT2D eigenvalue weighted by molar-refractivity contribution is -0.140. The van der Waals surface area contributed by atoms with Crippen LogP contribution in [0.4, 0.5) is 27.8 Å². The van der Waals surface area contributed by atoms with Gasteiger partial charge in [-0.05, 0) is 50.1 Å². The minimum atomic E-state index is -4.58. The van der Waals surface area contributed by atoms with Gasteiger partial charge in [-0.3, -0.25) is 14.3 Å². The predicted octanol–water partition coefficient (Wildman–Crippen LogP) is 5.81. The SMILES string of the molecule is CSCC(=O)Nc1nn(Cc2nc(C(F)(F)F)cs2)c2c1C(=O)N[C@@H](CCc1cccc(OCCCC(C)(F)F)c1)C2. The zero-order valence-corrected chi connectivity index (χ0v) is 24.5. The fraction of sp³-hybridized carbons (Fsp3) is 0.481. The maximum atomic E-state index is 13.2. The molecule has 1 atom stereocenters. The van der Waals surface area contributed by atoms with Crippen LogP contribution in [0.1, 0.15) is 58.5 Å². The Bertz CT molecular complexity index is 1400. The van der Waals surface area contributed by atoms with E-state index in [4.69, 9.17) is 4.74 Å². The number of hydrogen-bond donors (Lipinski definition) is 2. The fourth-order valence-corrected chi connectivity index (χ4v) is 5.64. The van der Waals surface area contributed by atoms with E-state index in [0.717, 1.165) is 29.2 Å². The van der Waals surface area contributed by atoms with Gasteiger partial charge in [0, 0.05) is 24.3 Å². The Hall–Kier alpha value is -3.20. The maximum Gasteiger partial charge on any atom is 0.434 e. The lowest BCUT2D eigenvalue weighted by Crippen LogP contribution is -2.42. The van der Waals surface area contributed by atoms with E-state index in [1.54, 1.807) is 18.4 Å². The third-order valence-electron chi connectivity index (χ3n) is 6.43. The molecule has 0 radical (unpaired) electrons. The van der Waals surface area contributed by atoms with Gasteiger partial charge < -0.3 is 15.4 Å². The van der Waals surface area contributed by atoms with E-state index in [1.807, 2.05) is 12.1 Å². The van der Waals surface area contributed by atoms with Crippen molar-refractivity contribution in [1.29, 1.82) is 0 Å². The van der Waals surface area contributed by atoms with Crippen LogP contribution in [0.5, 0.6) is 5.75 Å². The minimum Gasteiger partial charge on any atom is -0.494 e. The standard InChI is InChI=1S/C27H30F5N5O3S2/c1-26(28,29)9-4-10-40-18-6-3-5-16(11-18)7-8-17-12-19-23(25(39)33-17)24(35-21(38)15-41-2)36-37(19)13-22-34-20(14-42-22)27(30,31)32/h3,5-6,11,14,17H,4,7-10,12-13,15H2,1-2H3,(H,33,39)(H,35,36,38)/t17-/m0/s1. The highest BCUT2D eigenvalue weighted by molar-refractivity contribution is 7.99. The van der Waals surface area contributed by atoms with E-state index in [2.05, 4.69) is 20.7 Å². The third kappa shape index (κ3) is 8.66. The third-order valence-corrected chi connectivity index (χ3v) is 7.81. The van der Waals surface area contributed by atoms with Gasteiger partial charge in [-0.25, -0.2) is 13.8 Å². The number of hydrogen-bond acceptors (Lipinski definition) is 7. The largest absolute Gasteiger partial charge is 0.494 e. The molecular formula is C27H30F5N5O3S2. The average Bonchev–Trinajstić information content (AvgIpc) is 3.51. The van der Waals surface area contributed by atoms with Crippen LogP contribution in [0, 0.1) is 0 Å². The van der Waals surface area contributed by atoms with Crippen LogP contribution in [0.25, 0.3) is 0 Å². The number of benzene rings is 1. The molecule has 0 unspecified atom stereocenters. The molecule has 2 amide bonds. The number of amides is 2. The normalized spacial score (nSPS) is 15.3. The smallest absolute Gasteiger partial charge is 0.434 e. The second kappa shape index (κ2) is 13.4. The molecule has 0 saturated heterocycles. The summed E-state index contributed by atoms with van der Waals surface area (Å²) in [5.41, 5.74) is 0.606. The summed E-state index contributed by atoms with van der Waals surface area (Å²) in [6.07, 6.45) is -1.43. The number of nitrogens with one attached hydrogen (secondary N) is 2. The monoisotopic (exact) mass is 631 g/mol. The van der Waals surface area contributed by atoms with Gasteiger partial charge in [0.15, 0.2) is 11.5 Å². The van der Waals surface area contributed by atoms with Crippen molar-refractivity contribution >= 4 is 40.7 Å². The molecule has 2 N–H and O–H groups in total. The Morgan fingerprint density at radius 3 is 2.76 bits per heavy atom. The van der Waals surface area contributed by atoms with Gasteiger partial charge >= 0.3 is 6.18 Å². The summed E-state index contributed by atoms with van der Waals surface area (Å²) >= 11 is 2.13.